The van der Waals surface area contributed by atoms with Crippen LogP contribution in [0.1, 0.15) is 30.9 Å². The maximum absolute atomic E-state index is 13.3. The van der Waals surface area contributed by atoms with Crippen molar-refractivity contribution >= 4 is 0 Å². The van der Waals surface area contributed by atoms with Crippen LogP contribution in [0.3, 0.4) is 0 Å². The maximum atomic E-state index is 13.3. The van der Waals surface area contributed by atoms with Crippen LogP contribution < -0.4 is 5.32 Å². The summed E-state index contributed by atoms with van der Waals surface area (Å²) < 4.78 is 13.3. The van der Waals surface area contributed by atoms with Gasteiger partial charge in [0.25, 0.3) is 0 Å². The molecule has 0 radical (unpaired) electrons. The second-order valence-electron chi connectivity index (χ2n) is 4.07. The van der Waals surface area contributed by atoms with Crippen LogP contribution in [0.25, 0.3) is 0 Å². The lowest BCUT2D eigenvalue weighted by Crippen LogP contribution is -2.24. The standard InChI is InChI=1S/C12H16FNO/c13-11-6-2-1-5-10(11)12(15)8-9-4-3-7-14-9/h1-2,5-6,9,12,14-15H,3-4,7-8H2. The molecule has 0 saturated carbocycles. The van der Waals surface area contributed by atoms with Crippen molar-refractivity contribution in [3.05, 3.63) is 35.6 Å². The van der Waals surface area contributed by atoms with Crippen molar-refractivity contribution in [3.8, 4) is 0 Å². The fourth-order valence-corrected chi connectivity index (χ4v) is 2.10. The molecule has 82 valence electrons. The third kappa shape index (κ3) is 2.55. The zero-order valence-electron chi connectivity index (χ0n) is 8.62. The minimum Gasteiger partial charge on any atom is -0.388 e. The molecule has 15 heavy (non-hydrogen) atoms. The Kier molecular flexibility index (Phi) is 3.34. The zero-order chi connectivity index (χ0) is 10.7. The summed E-state index contributed by atoms with van der Waals surface area (Å²) in [4.78, 5) is 0. The molecule has 3 heteroatoms. The molecule has 0 amide bonds. The van der Waals surface area contributed by atoms with E-state index in [1.807, 2.05) is 0 Å². The number of nitrogens with one attached hydrogen (secondary N) is 1. The van der Waals surface area contributed by atoms with Crippen molar-refractivity contribution in [2.45, 2.75) is 31.4 Å². The molecule has 2 nitrogen and oxygen atoms in total. The molecule has 2 atom stereocenters. The molecule has 1 aromatic carbocycles. The van der Waals surface area contributed by atoms with Gasteiger partial charge in [-0.2, -0.15) is 0 Å². The molecule has 2 rings (SSSR count). The fraction of sp³-hybridized carbons (Fsp3) is 0.500. The van der Waals surface area contributed by atoms with Crippen LogP contribution in [0, 0.1) is 5.82 Å². The molecule has 1 heterocycles. The predicted molar refractivity (Wildman–Crippen MR) is 57.0 cm³/mol. The van der Waals surface area contributed by atoms with Crippen LogP contribution in [-0.2, 0) is 0 Å². The van der Waals surface area contributed by atoms with Gasteiger partial charge in [-0.15, -0.1) is 0 Å². The Hall–Kier alpha value is -0.930. The highest BCUT2D eigenvalue weighted by Gasteiger charge is 2.20. The Balaban J connectivity index is 2.00. The normalized spacial score (nSPS) is 22.9. The highest BCUT2D eigenvalue weighted by molar-refractivity contribution is 5.19. The van der Waals surface area contributed by atoms with Crippen molar-refractivity contribution < 1.29 is 9.50 Å². The maximum Gasteiger partial charge on any atom is 0.128 e. The lowest BCUT2D eigenvalue weighted by Gasteiger charge is -2.16. The molecule has 0 spiro atoms. The van der Waals surface area contributed by atoms with Gasteiger partial charge in [0.15, 0.2) is 0 Å². The molecule has 2 N–H and O–H groups in total. The lowest BCUT2D eigenvalue weighted by molar-refractivity contribution is 0.150. The molecule has 1 aromatic rings. The van der Waals surface area contributed by atoms with Crippen molar-refractivity contribution in [1.82, 2.24) is 5.32 Å². The molecule has 1 saturated heterocycles. The van der Waals surface area contributed by atoms with Gasteiger partial charge in [0.2, 0.25) is 0 Å². The van der Waals surface area contributed by atoms with Gasteiger partial charge < -0.3 is 10.4 Å². The van der Waals surface area contributed by atoms with Crippen LogP contribution in [0.4, 0.5) is 4.39 Å². The first kappa shape index (κ1) is 10.6. The fourth-order valence-electron chi connectivity index (χ4n) is 2.10. The molecule has 2 unspecified atom stereocenters. The molecule has 1 aliphatic rings. The summed E-state index contributed by atoms with van der Waals surface area (Å²) in [6.45, 7) is 1.01. The Labute approximate surface area is 89.1 Å². The Morgan fingerprint density at radius 1 is 1.47 bits per heavy atom. The largest absolute Gasteiger partial charge is 0.388 e. The SMILES string of the molecule is OC(CC1CCCN1)c1ccccc1F. The van der Waals surface area contributed by atoms with E-state index in [4.69, 9.17) is 0 Å². The van der Waals surface area contributed by atoms with Gasteiger partial charge in [0.1, 0.15) is 5.82 Å². The number of hydrogen-bond donors (Lipinski definition) is 2. The Bertz CT molecular complexity index is 323. The van der Waals surface area contributed by atoms with Crippen molar-refractivity contribution in [1.29, 1.82) is 0 Å². The number of benzene rings is 1. The molecule has 0 aliphatic carbocycles. The quantitative estimate of drug-likeness (QED) is 0.798. The van der Waals surface area contributed by atoms with Crippen molar-refractivity contribution in [3.63, 3.8) is 0 Å². The second-order valence-corrected chi connectivity index (χ2v) is 4.07. The summed E-state index contributed by atoms with van der Waals surface area (Å²) in [7, 11) is 0. The summed E-state index contributed by atoms with van der Waals surface area (Å²) >= 11 is 0. The number of halogens is 1. The average Bonchev–Trinajstić information content (AvgIpc) is 2.71. The van der Waals surface area contributed by atoms with E-state index in [2.05, 4.69) is 5.32 Å². The van der Waals surface area contributed by atoms with Gasteiger partial charge in [-0.1, -0.05) is 18.2 Å². The van der Waals surface area contributed by atoms with Gasteiger partial charge in [-0.3, -0.25) is 0 Å². The molecule has 0 aromatic heterocycles. The van der Waals surface area contributed by atoms with E-state index < -0.39 is 6.10 Å². The van der Waals surface area contributed by atoms with Gasteiger partial charge in [0, 0.05) is 11.6 Å². The van der Waals surface area contributed by atoms with Gasteiger partial charge in [-0.25, -0.2) is 4.39 Å². The van der Waals surface area contributed by atoms with Crippen LogP contribution in [0.5, 0.6) is 0 Å². The van der Waals surface area contributed by atoms with Crippen LogP contribution in [0.2, 0.25) is 0 Å². The van der Waals surface area contributed by atoms with Crippen LogP contribution in [-0.4, -0.2) is 17.7 Å². The number of aliphatic hydroxyl groups is 1. The highest BCUT2D eigenvalue weighted by atomic mass is 19.1. The van der Waals surface area contributed by atoms with E-state index in [9.17, 15) is 9.50 Å². The highest BCUT2D eigenvalue weighted by Crippen LogP contribution is 2.23. The third-order valence-electron chi connectivity index (χ3n) is 2.93. The average molecular weight is 209 g/mol. The Morgan fingerprint density at radius 3 is 2.93 bits per heavy atom. The van der Waals surface area contributed by atoms with E-state index in [0.717, 1.165) is 19.4 Å². The topological polar surface area (TPSA) is 32.3 Å². The second kappa shape index (κ2) is 4.73. The first-order chi connectivity index (χ1) is 7.27. The summed E-state index contributed by atoms with van der Waals surface area (Å²) in [5.41, 5.74) is 0.409. The summed E-state index contributed by atoms with van der Waals surface area (Å²) in [5, 5.41) is 13.2. The number of rotatable bonds is 3. The zero-order valence-corrected chi connectivity index (χ0v) is 8.62. The van der Waals surface area contributed by atoms with E-state index in [1.165, 1.54) is 6.07 Å². The number of aliphatic hydroxyl groups excluding tert-OH is 1. The first-order valence-corrected chi connectivity index (χ1v) is 5.43. The lowest BCUT2D eigenvalue weighted by atomic mass is 10.0. The van der Waals surface area contributed by atoms with Crippen LogP contribution >= 0.6 is 0 Å². The van der Waals surface area contributed by atoms with Gasteiger partial charge in [-0.05, 0) is 31.9 Å². The molecule has 1 fully saturated rings. The molecular formula is C12H16FNO. The van der Waals surface area contributed by atoms with Crippen molar-refractivity contribution in [2.75, 3.05) is 6.54 Å². The summed E-state index contributed by atoms with van der Waals surface area (Å²) in [6, 6.07) is 6.76. The molecular weight excluding hydrogens is 193 g/mol. The molecule has 1 aliphatic heterocycles. The van der Waals surface area contributed by atoms with Gasteiger partial charge in [0.05, 0.1) is 6.10 Å². The third-order valence-corrected chi connectivity index (χ3v) is 2.93. The summed E-state index contributed by atoms with van der Waals surface area (Å²) in [5.74, 6) is -0.317. The minimum atomic E-state index is -0.693. The van der Waals surface area contributed by atoms with E-state index in [0.29, 0.717) is 18.0 Å². The Morgan fingerprint density at radius 2 is 2.27 bits per heavy atom. The number of hydrogen-bond acceptors (Lipinski definition) is 2. The van der Waals surface area contributed by atoms with E-state index >= 15 is 0 Å². The van der Waals surface area contributed by atoms with Crippen molar-refractivity contribution in [2.24, 2.45) is 0 Å². The minimum absolute atomic E-state index is 0.317. The van der Waals surface area contributed by atoms with Crippen LogP contribution in [0.15, 0.2) is 24.3 Å². The predicted octanol–water partition coefficient (Wildman–Crippen LogP) is 2.00. The monoisotopic (exact) mass is 209 g/mol. The van der Waals surface area contributed by atoms with E-state index in [-0.39, 0.29) is 5.82 Å². The smallest absolute Gasteiger partial charge is 0.128 e. The summed E-state index contributed by atoms with van der Waals surface area (Å²) in [6.07, 6.45) is 2.13. The van der Waals surface area contributed by atoms with E-state index in [1.54, 1.807) is 18.2 Å². The van der Waals surface area contributed by atoms with Gasteiger partial charge >= 0.3 is 0 Å². The molecule has 0 bridgehead atoms. The first-order valence-electron chi connectivity index (χ1n) is 5.43.